The van der Waals surface area contributed by atoms with E-state index in [-0.39, 0.29) is 11.7 Å². The Kier molecular flexibility index (Phi) is 4.14. The monoisotopic (exact) mass is 244 g/mol. The molecule has 0 spiro atoms. The SMILES string of the molecule is CC(C)CC(c1ccc(O)cc1)P(=O)(O)O. The van der Waals surface area contributed by atoms with Gasteiger partial charge in [0.05, 0.1) is 5.66 Å². The lowest BCUT2D eigenvalue weighted by Gasteiger charge is -2.20. The van der Waals surface area contributed by atoms with Gasteiger partial charge in [-0.15, -0.1) is 0 Å². The van der Waals surface area contributed by atoms with Gasteiger partial charge in [0.1, 0.15) is 5.75 Å². The van der Waals surface area contributed by atoms with Crippen LogP contribution in [0.5, 0.6) is 5.75 Å². The van der Waals surface area contributed by atoms with Crippen molar-refractivity contribution in [1.82, 2.24) is 0 Å². The lowest BCUT2D eigenvalue weighted by molar-refractivity contribution is 0.348. The summed E-state index contributed by atoms with van der Waals surface area (Å²) in [5.74, 6) is 0.296. The minimum absolute atomic E-state index is 0.0951. The maximum atomic E-state index is 11.4. The molecule has 0 radical (unpaired) electrons. The number of rotatable bonds is 4. The normalized spacial score (nSPS) is 14.1. The molecule has 0 heterocycles. The molecule has 1 rings (SSSR count). The van der Waals surface area contributed by atoms with Gasteiger partial charge in [0.25, 0.3) is 0 Å². The molecule has 0 bridgehead atoms. The van der Waals surface area contributed by atoms with Crippen LogP contribution in [0, 0.1) is 5.92 Å². The minimum atomic E-state index is -4.15. The summed E-state index contributed by atoms with van der Waals surface area (Å²) in [5.41, 5.74) is -0.215. The number of hydrogen-bond acceptors (Lipinski definition) is 2. The van der Waals surface area contributed by atoms with Crippen LogP contribution in [0.1, 0.15) is 31.5 Å². The van der Waals surface area contributed by atoms with E-state index in [9.17, 15) is 14.4 Å². The van der Waals surface area contributed by atoms with Crippen molar-refractivity contribution in [3.8, 4) is 5.75 Å². The third-order valence-electron chi connectivity index (χ3n) is 2.38. The van der Waals surface area contributed by atoms with Crippen LogP contribution < -0.4 is 0 Å². The van der Waals surface area contributed by atoms with Crippen molar-refractivity contribution in [1.29, 1.82) is 0 Å². The van der Waals surface area contributed by atoms with Gasteiger partial charge in [0, 0.05) is 0 Å². The fraction of sp³-hybridized carbons (Fsp3) is 0.455. The van der Waals surface area contributed by atoms with E-state index in [1.165, 1.54) is 12.1 Å². The van der Waals surface area contributed by atoms with Gasteiger partial charge >= 0.3 is 7.60 Å². The Morgan fingerprint density at radius 3 is 2.06 bits per heavy atom. The molecule has 90 valence electrons. The predicted octanol–water partition coefficient (Wildman–Crippen LogP) is 2.66. The Bertz CT molecular complexity index is 379. The molecule has 3 N–H and O–H groups in total. The average Bonchev–Trinajstić information content (AvgIpc) is 2.14. The summed E-state index contributed by atoms with van der Waals surface area (Å²) >= 11 is 0. The van der Waals surface area contributed by atoms with E-state index in [0.717, 1.165) is 0 Å². The van der Waals surface area contributed by atoms with Crippen molar-refractivity contribution in [2.24, 2.45) is 5.92 Å². The molecule has 1 aromatic carbocycles. The van der Waals surface area contributed by atoms with Crippen LogP contribution in [-0.4, -0.2) is 14.9 Å². The van der Waals surface area contributed by atoms with Crippen LogP contribution in [0.4, 0.5) is 0 Å². The van der Waals surface area contributed by atoms with Crippen LogP contribution in [0.15, 0.2) is 24.3 Å². The molecule has 0 fully saturated rings. The second-order valence-electron chi connectivity index (χ2n) is 4.33. The molecule has 0 aliphatic carbocycles. The number of phenols is 1. The molecule has 1 aromatic rings. The highest BCUT2D eigenvalue weighted by atomic mass is 31.2. The highest BCUT2D eigenvalue weighted by Gasteiger charge is 2.30. The molecule has 1 unspecified atom stereocenters. The number of phenolic OH excluding ortho intramolecular Hbond substituents is 1. The van der Waals surface area contributed by atoms with Gasteiger partial charge in [-0.3, -0.25) is 4.57 Å². The van der Waals surface area contributed by atoms with Crippen LogP contribution >= 0.6 is 7.60 Å². The van der Waals surface area contributed by atoms with Crippen LogP contribution in [-0.2, 0) is 4.57 Å². The van der Waals surface area contributed by atoms with E-state index in [2.05, 4.69) is 0 Å². The molecule has 5 heteroatoms. The van der Waals surface area contributed by atoms with Crippen molar-refractivity contribution >= 4 is 7.60 Å². The summed E-state index contributed by atoms with van der Waals surface area (Å²) < 4.78 is 11.4. The Labute approximate surface area is 95.1 Å². The zero-order chi connectivity index (χ0) is 12.3. The van der Waals surface area contributed by atoms with Crippen molar-refractivity contribution in [3.05, 3.63) is 29.8 Å². The zero-order valence-corrected chi connectivity index (χ0v) is 10.3. The summed E-state index contributed by atoms with van der Waals surface area (Å²) in [5, 5.41) is 9.13. The first-order valence-corrected chi connectivity index (χ1v) is 6.83. The average molecular weight is 244 g/mol. The molecular formula is C11H17O4P. The number of hydrogen-bond donors (Lipinski definition) is 3. The molecule has 0 aliphatic rings. The second-order valence-corrected chi connectivity index (χ2v) is 6.13. The van der Waals surface area contributed by atoms with Crippen molar-refractivity contribution in [3.63, 3.8) is 0 Å². The molecule has 16 heavy (non-hydrogen) atoms. The van der Waals surface area contributed by atoms with Crippen molar-refractivity contribution in [2.45, 2.75) is 25.9 Å². The van der Waals surface area contributed by atoms with Crippen molar-refractivity contribution in [2.75, 3.05) is 0 Å². The summed E-state index contributed by atoms with van der Waals surface area (Å²) in [4.78, 5) is 18.6. The molecule has 4 nitrogen and oxygen atoms in total. The number of aromatic hydroxyl groups is 1. The zero-order valence-electron chi connectivity index (χ0n) is 9.37. The van der Waals surface area contributed by atoms with Gasteiger partial charge in [-0.05, 0) is 30.0 Å². The maximum Gasteiger partial charge on any atom is 0.332 e. The lowest BCUT2D eigenvalue weighted by atomic mass is 10.0. The molecule has 0 amide bonds. The Hall–Kier alpha value is -0.830. The quantitative estimate of drug-likeness (QED) is 0.711. The highest BCUT2D eigenvalue weighted by Crippen LogP contribution is 2.54. The minimum Gasteiger partial charge on any atom is -0.508 e. The fourth-order valence-electron chi connectivity index (χ4n) is 1.61. The molecule has 0 saturated carbocycles. The molecule has 0 aromatic heterocycles. The van der Waals surface area contributed by atoms with E-state index in [1.54, 1.807) is 12.1 Å². The molecule has 0 aliphatic heterocycles. The van der Waals surface area contributed by atoms with Crippen LogP contribution in [0.2, 0.25) is 0 Å². The summed E-state index contributed by atoms with van der Waals surface area (Å²) in [6, 6.07) is 6.00. The third-order valence-corrected chi connectivity index (χ3v) is 3.70. The molecule has 0 saturated heterocycles. The van der Waals surface area contributed by atoms with Crippen molar-refractivity contribution < 1.29 is 19.5 Å². The maximum absolute atomic E-state index is 11.4. The van der Waals surface area contributed by atoms with Crippen LogP contribution in [0.25, 0.3) is 0 Å². The third kappa shape index (κ3) is 3.63. The lowest BCUT2D eigenvalue weighted by Crippen LogP contribution is -2.03. The van der Waals surface area contributed by atoms with Gasteiger partial charge in [-0.25, -0.2) is 0 Å². The Balaban J connectivity index is 3.02. The van der Waals surface area contributed by atoms with Crippen LogP contribution in [0.3, 0.4) is 0 Å². The standard InChI is InChI=1S/C11H17O4P/c1-8(2)7-11(16(13,14)15)9-3-5-10(12)6-4-9/h3-6,8,11-12H,7H2,1-2H3,(H2,13,14,15). The van der Waals surface area contributed by atoms with Gasteiger partial charge in [0.15, 0.2) is 0 Å². The van der Waals surface area contributed by atoms with E-state index in [1.807, 2.05) is 13.8 Å². The van der Waals surface area contributed by atoms with E-state index in [4.69, 9.17) is 5.11 Å². The Morgan fingerprint density at radius 2 is 1.69 bits per heavy atom. The summed E-state index contributed by atoms with van der Waals surface area (Å²) in [6.45, 7) is 3.84. The van der Waals surface area contributed by atoms with Gasteiger partial charge in [-0.1, -0.05) is 26.0 Å². The first-order valence-electron chi connectivity index (χ1n) is 5.15. The van der Waals surface area contributed by atoms with E-state index < -0.39 is 13.3 Å². The summed E-state index contributed by atoms with van der Waals surface area (Å²) in [7, 11) is -4.15. The second kappa shape index (κ2) is 5.00. The summed E-state index contributed by atoms with van der Waals surface area (Å²) in [6.07, 6.45) is 0.426. The Morgan fingerprint density at radius 1 is 1.19 bits per heavy atom. The van der Waals surface area contributed by atoms with E-state index >= 15 is 0 Å². The van der Waals surface area contributed by atoms with Gasteiger partial charge < -0.3 is 14.9 Å². The topological polar surface area (TPSA) is 77.8 Å². The predicted molar refractivity (Wildman–Crippen MR) is 62.3 cm³/mol. The smallest absolute Gasteiger partial charge is 0.332 e. The highest BCUT2D eigenvalue weighted by molar-refractivity contribution is 7.52. The van der Waals surface area contributed by atoms with Gasteiger partial charge in [-0.2, -0.15) is 0 Å². The fourth-order valence-corrected chi connectivity index (χ4v) is 2.87. The first kappa shape index (κ1) is 13.2. The largest absolute Gasteiger partial charge is 0.508 e. The van der Waals surface area contributed by atoms with Gasteiger partial charge in [0.2, 0.25) is 0 Å². The van der Waals surface area contributed by atoms with E-state index in [0.29, 0.717) is 12.0 Å². The molecular weight excluding hydrogens is 227 g/mol. The molecule has 1 atom stereocenters. The number of benzene rings is 1. The first-order chi connectivity index (χ1) is 7.30.